The molecule has 1 aromatic rings. The van der Waals surface area contributed by atoms with E-state index in [9.17, 15) is 19.2 Å². The number of nitrogens with two attached hydrogens (primary N) is 1. The quantitative estimate of drug-likeness (QED) is 0.379. The summed E-state index contributed by atoms with van der Waals surface area (Å²) in [6.45, 7) is 3.30. The van der Waals surface area contributed by atoms with Crippen LogP contribution in [0.1, 0.15) is 53.8 Å². The van der Waals surface area contributed by atoms with E-state index in [4.69, 9.17) is 5.84 Å². The van der Waals surface area contributed by atoms with Crippen LogP contribution in [0.25, 0.3) is 0 Å². The fourth-order valence-corrected chi connectivity index (χ4v) is 2.44. The van der Waals surface area contributed by atoms with Gasteiger partial charge in [-0.15, -0.1) is 0 Å². The first-order valence-electron chi connectivity index (χ1n) is 7.48. The van der Waals surface area contributed by atoms with Crippen LogP contribution in [0.3, 0.4) is 0 Å². The largest absolute Gasteiger partial charge is 0.273 e. The van der Waals surface area contributed by atoms with Gasteiger partial charge in [0.25, 0.3) is 17.7 Å². The second-order valence-corrected chi connectivity index (χ2v) is 5.41. The van der Waals surface area contributed by atoms with E-state index in [2.05, 4.69) is 0 Å². The van der Waals surface area contributed by atoms with E-state index in [1.807, 2.05) is 6.92 Å². The van der Waals surface area contributed by atoms with Crippen LogP contribution in [0.2, 0.25) is 0 Å². The van der Waals surface area contributed by atoms with Gasteiger partial charge in [-0.1, -0.05) is 25.5 Å². The molecule has 7 nitrogen and oxygen atoms in total. The monoisotopic (exact) mass is 317 g/mol. The summed E-state index contributed by atoms with van der Waals surface area (Å²) in [5, 5.41) is 0.504. The predicted octanol–water partition coefficient (Wildman–Crippen LogP) is 1.09. The van der Waals surface area contributed by atoms with Crippen molar-refractivity contribution < 1.29 is 19.2 Å². The van der Waals surface area contributed by atoms with Crippen molar-refractivity contribution >= 4 is 23.6 Å². The summed E-state index contributed by atoms with van der Waals surface area (Å²) in [6.07, 6.45) is 1.55. The van der Waals surface area contributed by atoms with Gasteiger partial charge < -0.3 is 0 Å². The summed E-state index contributed by atoms with van der Waals surface area (Å²) in [5.74, 6) is 3.14. The van der Waals surface area contributed by atoms with E-state index in [1.54, 1.807) is 12.1 Å². The van der Waals surface area contributed by atoms with E-state index in [0.717, 1.165) is 11.3 Å². The van der Waals surface area contributed by atoms with Crippen LogP contribution in [-0.4, -0.2) is 39.6 Å². The van der Waals surface area contributed by atoms with Crippen molar-refractivity contribution in [3.63, 3.8) is 0 Å². The van der Waals surface area contributed by atoms with Crippen molar-refractivity contribution in [2.24, 2.45) is 5.84 Å². The lowest BCUT2D eigenvalue weighted by Crippen LogP contribution is -2.53. The number of hydrogen-bond acceptors (Lipinski definition) is 5. The van der Waals surface area contributed by atoms with Crippen molar-refractivity contribution in [3.8, 4) is 0 Å². The van der Waals surface area contributed by atoms with Gasteiger partial charge in [0, 0.05) is 6.42 Å². The summed E-state index contributed by atoms with van der Waals surface area (Å²) in [7, 11) is 0. The summed E-state index contributed by atoms with van der Waals surface area (Å²) in [5.41, 5.74) is 0.496. The van der Waals surface area contributed by atoms with Crippen LogP contribution in [-0.2, 0) is 9.59 Å². The maximum Gasteiger partial charge on any atom is 0.266 e. The predicted molar refractivity (Wildman–Crippen MR) is 82.0 cm³/mol. The Labute approximate surface area is 134 Å². The number of rotatable bonds is 5. The Kier molecular flexibility index (Phi) is 4.90. The minimum absolute atomic E-state index is 0.146. The molecule has 1 heterocycles. The van der Waals surface area contributed by atoms with Crippen molar-refractivity contribution in [1.29, 1.82) is 0 Å². The number of imide groups is 2. The zero-order valence-electron chi connectivity index (χ0n) is 13.1. The highest BCUT2D eigenvalue weighted by Gasteiger charge is 2.42. The maximum atomic E-state index is 12.3. The van der Waals surface area contributed by atoms with Crippen LogP contribution in [0.5, 0.6) is 0 Å². The molecule has 1 aromatic carbocycles. The van der Waals surface area contributed by atoms with Gasteiger partial charge in [0.1, 0.15) is 6.04 Å². The van der Waals surface area contributed by atoms with Gasteiger partial charge in [0.05, 0.1) is 11.1 Å². The fourth-order valence-electron chi connectivity index (χ4n) is 2.44. The first-order valence-corrected chi connectivity index (χ1v) is 7.48. The molecule has 2 N–H and O–H groups in total. The minimum Gasteiger partial charge on any atom is -0.273 e. The molecule has 1 aliphatic rings. The molecular formula is C16H19N3O4. The number of nitrogens with zero attached hydrogens (tertiary/aromatic N) is 2. The van der Waals surface area contributed by atoms with E-state index in [0.29, 0.717) is 11.4 Å². The zero-order chi connectivity index (χ0) is 17.1. The third-order valence-corrected chi connectivity index (χ3v) is 3.82. The van der Waals surface area contributed by atoms with Crippen LogP contribution >= 0.6 is 0 Å². The normalized spacial score (nSPS) is 14.7. The van der Waals surface area contributed by atoms with Gasteiger partial charge in [-0.05, 0) is 25.5 Å². The van der Waals surface area contributed by atoms with Gasteiger partial charge in [-0.25, -0.2) is 10.9 Å². The first kappa shape index (κ1) is 16.8. The molecule has 0 aliphatic carbocycles. The average molecular weight is 317 g/mol. The van der Waals surface area contributed by atoms with Crippen molar-refractivity contribution in [2.75, 3.05) is 0 Å². The molecule has 122 valence electrons. The van der Waals surface area contributed by atoms with Crippen molar-refractivity contribution in [1.82, 2.24) is 9.91 Å². The average Bonchev–Trinajstić information content (AvgIpc) is 2.82. The molecule has 0 saturated carbocycles. The molecule has 0 spiro atoms. The highest BCUT2D eigenvalue weighted by molar-refractivity contribution is 6.23. The Hall–Kier alpha value is -2.54. The van der Waals surface area contributed by atoms with Crippen molar-refractivity contribution in [3.05, 3.63) is 35.4 Å². The second-order valence-electron chi connectivity index (χ2n) is 5.41. The van der Waals surface area contributed by atoms with E-state index in [1.165, 1.54) is 19.1 Å². The summed E-state index contributed by atoms with van der Waals surface area (Å²) >= 11 is 0. The van der Waals surface area contributed by atoms with E-state index in [-0.39, 0.29) is 17.5 Å². The lowest BCUT2D eigenvalue weighted by atomic mass is 10.1. The zero-order valence-corrected chi connectivity index (χ0v) is 13.1. The Morgan fingerprint density at radius 1 is 1.17 bits per heavy atom. The SMILES string of the molecule is CCCCC(=O)N(N)C(=O)C(C)N1C(=O)c2ccccc2C1=O. The highest BCUT2D eigenvalue weighted by atomic mass is 16.2. The molecule has 1 aliphatic heterocycles. The number of carbonyl (C=O) groups is 4. The highest BCUT2D eigenvalue weighted by Crippen LogP contribution is 2.24. The molecule has 23 heavy (non-hydrogen) atoms. The molecule has 2 rings (SSSR count). The first-order chi connectivity index (χ1) is 10.9. The minimum atomic E-state index is -1.14. The standard InChI is InChI=1S/C16H19N3O4/c1-3-4-9-13(20)19(17)14(21)10(2)18-15(22)11-7-5-6-8-12(11)16(18)23/h5-8,10H,3-4,9,17H2,1-2H3. The molecule has 0 fully saturated rings. The van der Waals surface area contributed by atoms with Gasteiger partial charge in [0.15, 0.2) is 0 Å². The molecule has 1 atom stereocenters. The van der Waals surface area contributed by atoms with Gasteiger partial charge in [-0.2, -0.15) is 0 Å². The van der Waals surface area contributed by atoms with E-state index >= 15 is 0 Å². The van der Waals surface area contributed by atoms with Gasteiger partial charge >= 0.3 is 0 Å². The third-order valence-electron chi connectivity index (χ3n) is 3.82. The van der Waals surface area contributed by atoms with Gasteiger partial charge in [0.2, 0.25) is 5.91 Å². The Morgan fingerprint density at radius 2 is 1.70 bits per heavy atom. The Morgan fingerprint density at radius 3 is 2.17 bits per heavy atom. The molecule has 0 bridgehead atoms. The van der Waals surface area contributed by atoms with Gasteiger partial charge in [-0.3, -0.25) is 24.1 Å². The van der Waals surface area contributed by atoms with Crippen LogP contribution in [0, 0.1) is 0 Å². The Bertz CT molecular complexity index is 636. The number of benzene rings is 1. The van der Waals surface area contributed by atoms with Crippen LogP contribution in [0.15, 0.2) is 24.3 Å². The molecule has 0 saturated heterocycles. The number of fused-ring (bicyclic) bond motifs is 1. The van der Waals surface area contributed by atoms with Crippen molar-refractivity contribution in [2.45, 2.75) is 39.2 Å². The number of hydrogen-bond donors (Lipinski definition) is 1. The topological polar surface area (TPSA) is 101 Å². The fraction of sp³-hybridized carbons (Fsp3) is 0.375. The summed E-state index contributed by atoms with van der Waals surface area (Å²) < 4.78 is 0. The number of carbonyl (C=O) groups excluding carboxylic acids is 4. The number of hydrazine groups is 1. The maximum absolute atomic E-state index is 12.3. The second kappa shape index (κ2) is 6.70. The molecule has 0 radical (unpaired) electrons. The Balaban J connectivity index is 2.16. The van der Waals surface area contributed by atoms with Crippen LogP contribution in [0.4, 0.5) is 0 Å². The molecular weight excluding hydrogens is 298 g/mol. The lowest BCUT2D eigenvalue weighted by molar-refractivity contribution is -0.147. The smallest absolute Gasteiger partial charge is 0.266 e. The molecule has 1 unspecified atom stereocenters. The number of amides is 4. The molecule has 7 heteroatoms. The summed E-state index contributed by atoms with van der Waals surface area (Å²) in [6, 6.07) is 5.20. The lowest BCUT2D eigenvalue weighted by Gasteiger charge is -2.25. The molecule has 0 aromatic heterocycles. The summed E-state index contributed by atoms with van der Waals surface area (Å²) in [4.78, 5) is 49.6. The third kappa shape index (κ3) is 3.00. The van der Waals surface area contributed by atoms with E-state index < -0.39 is 29.7 Å². The molecule has 4 amide bonds. The van der Waals surface area contributed by atoms with Crippen LogP contribution < -0.4 is 5.84 Å². The number of unbranched alkanes of at least 4 members (excludes halogenated alkanes) is 1.